The van der Waals surface area contributed by atoms with E-state index in [0.29, 0.717) is 6.04 Å². The van der Waals surface area contributed by atoms with Crippen molar-refractivity contribution in [2.24, 2.45) is 5.92 Å². The molecule has 82 valence electrons. The highest BCUT2D eigenvalue weighted by molar-refractivity contribution is 5.69. The fourth-order valence-corrected chi connectivity index (χ4v) is 2.30. The number of hydrogen-bond acceptors (Lipinski definition) is 2. The Morgan fingerprint density at radius 2 is 2.00 bits per heavy atom. The van der Waals surface area contributed by atoms with E-state index < -0.39 is 5.97 Å². The largest absolute Gasteiger partial charge is 0.480 e. The molecule has 0 radical (unpaired) electrons. The second-order valence-corrected chi connectivity index (χ2v) is 4.28. The lowest BCUT2D eigenvalue weighted by Gasteiger charge is -2.28. The van der Waals surface area contributed by atoms with Crippen LogP contribution in [0.25, 0.3) is 0 Å². The van der Waals surface area contributed by atoms with Crippen molar-refractivity contribution in [1.82, 2.24) is 5.32 Å². The van der Waals surface area contributed by atoms with Crippen LogP contribution < -0.4 is 5.32 Å². The van der Waals surface area contributed by atoms with Crippen molar-refractivity contribution >= 4 is 5.97 Å². The van der Waals surface area contributed by atoms with Crippen LogP contribution in [0.2, 0.25) is 0 Å². The molecule has 1 saturated carbocycles. The van der Waals surface area contributed by atoms with Crippen LogP contribution in [0, 0.1) is 5.92 Å². The smallest absolute Gasteiger partial charge is 0.317 e. The van der Waals surface area contributed by atoms with Crippen LogP contribution >= 0.6 is 0 Å². The number of nitrogens with one attached hydrogen (secondary N) is 1. The summed E-state index contributed by atoms with van der Waals surface area (Å²) in [6.45, 7) is 2.35. The Labute approximate surface area is 85.9 Å². The molecule has 0 aliphatic heterocycles. The summed E-state index contributed by atoms with van der Waals surface area (Å²) in [5.41, 5.74) is 0. The molecule has 0 spiro atoms. The Bertz CT molecular complexity index is 174. The number of hydrogen-bond donors (Lipinski definition) is 2. The molecule has 3 nitrogen and oxygen atoms in total. The minimum atomic E-state index is -0.749. The van der Waals surface area contributed by atoms with Gasteiger partial charge in [-0.1, -0.05) is 19.8 Å². The van der Waals surface area contributed by atoms with Gasteiger partial charge in [0.1, 0.15) is 0 Å². The van der Waals surface area contributed by atoms with Crippen LogP contribution in [0.1, 0.15) is 45.4 Å². The molecule has 0 unspecified atom stereocenters. The van der Waals surface area contributed by atoms with Gasteiger partial charge in [-0.3, -0.25) is 4.79 Å². The Kier molecular flexibility index (Phi) is 4.94. The summed E-state index contributed by atoms with van der Waals surface area (Å²) in [6, 6.07) is 0.444. The SMILES string of the molecule is CCCC1CCC(NCC(=O)O)CC1. The van der Waals surface area contributed by atoms with Gasteiger partial charge >= 0.3 is 5.97 Å². The van der Waals surface area contributed by atoms with Crippen LogP contribution in [0.4, 0.5) is 0 Å². The summed E-state index contributed by atoms with van der Waals surface area (Å²) in [7, 11) is 0. The normalized spacial score (nSPS) is 27.5. The highest BCUT2D eigenvalue weighted by Crippen LogP contribution is 2.27. The van der Waals surface area contributed by atoms with Gasteiger partial charge in [0.25, 0.3) is 0 Å². The van der Waals surface area contributed by atoms with E-state index in [0.717, 1.165) is 18.8 Å². The zero-order chi connectivity index (χ0) is 10.4. The van der Waals surface area contributed by atoms with Crippen LogP contribution in [-0.4, -0.2) is 23.7 Å². The zero-order valence-electron chi connectivity index (χ0n) is 8.96. The third-order valence-corrected chi connectivity index (χ3v) is 3.09. The first-order valence-corrected chi connectivity index (χ1v) is 5.67. The minimum Gasteiger partial charge on any atom is -0.480 e. The summed E-state index contributed by atoms with van der Waals surface area (Å²) < 4.78 is 0. The number of rotatable bonds is 5. The van der Waals surface area contributed by atoms with E-state index in [1.54, 1.807) is 0 Å². The predicted molar refractivity (Wildman–Crippen MR) is 56.3 cm³/mol. The average Bonchev–Trinajstić information content (AvgIpc) is 2.17. The van der Waals surface area contributed by atoms with E-state index in [-0.39, 0.29) is 6.54 Å². The predicted octanol–water partition coefficient (Wildman–Crippen LogP) is 2.02. The second-order valence-electron chi connectivity index (χ2n) is 4.28. The molecule has 0 amide bonds. The lowest BCUT2D eigenvalue weighted by molar-refractivity contribution is -0.136. The van der Waals surface area contributed by atoms with Gasteiger partial charge in [-0.05, 0) is 31.6 Å². The van der Waals surface area contributed by atoms with Gasteiger partial charge in [0, 0.05) is 6.04 Å². The molecular formula is C11H21NO2. The third kappa shape index (κ3) is 4.09. The maximum absolute atomic E-state index is 10.3. The summed E-state index contributed by atoms with van der Waals surface area (Å²) in [5.74, 6) is 0.142. The van der Waals surface area contributed by atoms with Crippen molar-refractivity contribution in [3.63, 3.8) is 0 Å². The van der Waals surface area contributed by atoms with Gasteiger partial charge in [0.05, 0.1) is 6.54 Å². The Balaban J connectivity index is 2.12. The van der Waals surface area contributed by atoms with E-state index in [9.17, 15) is 4.79 Å². The first-order valence-electron chi connectivity index (χ1n) is 5.67. The van der Waals surface area contributed by atoms with Crippen molar-refractivity contribution in [2.45, 2.75) is 51.5 Å². The van der Waals surface area contributed by atoms with Crippen molar-refractivity contribution in [3.8, 4) is 0 Å². The average molecular weight is 199 g/mol. The van der Waals surface area contributed by atoms with Gasteiger partial charge < -0.3 is 10.4 Å². The summed E-state index contributed by atoms with van der Waals surface area (Å²) >= 11 is 0. The lowest BCUT2D eigenvalue weighted by Crippen LogP contribution is -2.36. The maximum atomic E-state index is 10.3. The molecule has 0 heterocycles. The Morgan fingerprint density at radius 1 is 1.36 bits per heavy atom. The highest BCUT2D eigenvalue weighted by Gasteiger charge is 2.20. The van der Waals surface area contributed by atoms with Gasteiger partial charge in [-0.2, -0.15) is 0 Å². The topological polar surface area (TPSA) is 49.3 Å². The van der Waals surface area contributed by atoms with E-state index in [1.807, 2.05) is 0 Å². The van der Waals surface area contributed by atoms with Gasteiger partial charge in [0.2, 0.25) is 0 Å². The second kappa shape index (κ2) is 6.02. The molecule has 14 heavy (non-hydrogen) atoms. The number of aliphatic carboxylic acids is 1. The van der Waals surface area contributed by atoms with Gasteiger partial charge in [0.15, 0.2) is 0 Å². The van der Waals surface area contributed by atoms with Gasteiger partial charge in [-0.15, -0.1) is 0 Å². The molecule has 0 atom stereocenters. The van der Waals surface area contributed by atoms with E-state index in [4.69, 9.17) is 5.11 Å². The van der Waals surface area contributed by atoms with Crippen molar-refractivity contribution < 1.29 is 9.90 Å². The van der Waals surface area contributed by atoms with Crippen LogP contribution in [0.5, 0.6) is 0 Å². The van der Waals surface area contributed by atoms with Crippen LogP contribution in [0.3, 0.4) is 0 Å². The molecule has 3 heteroatoms. The molecule has 0 bridgehead atoms. The molecule has 1 fully saturated rings. The van der Waals surface area contributed by atoms with Crippen molar-refractivity contribution in [2.75, 3.05) is 6.54 Å². The molecule has 1 aliphatic rings. The summed E-state index contributed by atoms with van der Waals surface area (Å²) in [6.07, 6.45) is 7.45. The zero-order valence-corrected chi connectivity index (χ0v) is 8.96. The molecule has 0 aromatic rings. The first-order chi connectivity index (χ1) is 6.72. The molecule has 1 aliphatic carbocycles. The van der Waals surface area contributed by atoms with E-state index in [2.05, 4.69) is 12.2 Å². The lowest BCUT2D eigenvalue weighted by atomic mass is 9.83. The van der Waals surface area contributed by atoms with E-state index in [1.165, 1.54) is 25.7 Å². The molecule has 0 saturated heterocycles. The van der Waals surface area contributed by atoms with Crippen molar-refractivity contribution in [3.05, 3.63) is 0 Å². The fraction of sp³-hybridized carbons (Fsp3) is 0.909. The summed E-state index contributed by atoms with van der Waals surface area (Å²) in [4.78, 5) is 10.3. The third-order valence-electron chi connectivity index (χ3n) is 3.09. The summed E-state index contributed by atoms with van der Waals surface area (Å²) in [5, 5.41) is 11.6. The van der Waals surface area contributed by atoms with Crippen LogP contribution in [-0.2, 0) is 4.79 Å². The standard InChI is InChI=1S/C11H21NO2/c1-2-3-9-4-6-10(7-5-9)12-8-11(13)14/h9-10,12H,2-8H2,1H3,(H,13,14). The molecule has 2 N–H and O–H groups in total. The minimum absolute atomic E-state index is 0.114. The fourth-order valence-electron chi connectivity index (χ4n) is 2.30. The monoisotopic (exact) mass is 199 g/mol. The van der Waals surface area contributed by atoms with Gasteiger partial charge in [-0.25, -0.2) is 0 Å². The maximum Gasteiger partial charge on any atom is 0.317 e. The number of carbonyl (C=O) groups is 1. The van der Waals surface area contributed by atoms with Crippen molar-refractivity contribution in [1.29, 1.82) is 0 Å². The molecular weight excluding hydrogens is 178 g/mol. The molecule has 0 aromatic heterocycles. The quantitative estimate of drug-likeness (QED) is 0.712. The first kappa shape index (κ1) is 11.5. The highest BCUT2D eigenvalue weighted by atomic mass is 16.4. The Morgan fingerprint density at radius 3 is 2.50 bits per heavy atom. The van der Waals surface area contributed by atoms with Crippen LogP contribution in [0.15, 0.2) is 0 Å². The number of carboxylic acids is 1. The molecule has 1 rings (SSSR count). The molecule has 0 aromatic carbocycles. The van der Waals surface area contributed by atoms with E-state index >= 15 is 0 Å². The Hall–Kier alpha value is -0.570. The number of carboxylic acid groups (broad SMARTS) is 1.